The van der Waals surface area contributed by atoms with Crippen molar-refractivity contribution in [3.05, 3.63) is 65.8 Å². The lowest BCUT2D eigenvalue weighted by atomic mass is 9.96. The number of nitrogens with one attached hydrogen (secondary N) is 1. The average Bonchev–Trinajstić information content (AvgIpc) is 3.05. The second-order valence-electron chi connectivity index (χ2n) is 5.10. The molecule has 1 aromatic carbocycles. The van der Waals surface area contributed by atoms with Crippen molar-refractivity contribution in [1.82, 2.24) is 20.4 Å². The molecule has 0 radical (unpaired) electrons. The fourth-order valence-electron chi connectivity index (χ4n) is 2.62. The molecule has 5 heteroatoms. The summed E-state index contributed by atoms with van der Waals surface area (Å²) >= 11 is 0. The Morgan fingerprint density at radius 3 is 2.71 bits per heavy atom. The van der Waals surface area contributed by atoms with Gasteiger partial charge in [-0.3, -0.25) is 4.98 Å². The molecule has 104 valence electrons. The van der Waals surface area contributed by atoms with E-state index in [4.69, 9.17) is 4.52 Å². The maximum atomic E-state index is 5.43. The molecule has 3 aromatic rings. The van der Waals surface area contributed by atoms with Crippen molar-refractivity contribution in [2.24, 2.45) is 0 Å². The second-order valence-corrected chi connectivity index (χ2v) is 5.10. The highest BCUT2D eigenvalue weighted by molar-refractivity contribution is 5.52. The van der Waals surface area contributed by atoms with Crippen LogP contribution in [0.15, 0.2) is 53.3 Å². The summed E-state index contributed by atoms with van der Waals surface area (Å²) in [4.78, 5) is 8.50. The molecule has 0 bridgehead atoms. The molecule has 1 atom stereocenters. The van der Waals surface area contributed by atoms with Crippen LogP contribution >= 0.6 is 0 Å². The second kappa shape index (κ2) is 5.10. The molecule has 0 fully saturated rings. The monoisotopic (exact) mass is 278 g/mol. The quantitative estimate of drug-likeness (QED) is 0.780. The van der Waals surface area contributed by atoms with Crippen LogP contribution < -0.4 is 5.32 Å². The zero-order chi connectivity index (χ0) is 14.1. The smallest absolute Gasteiger partial charge is 0.244 e. The first-order valence-electron chi connectivity index (χ1n) is 6.94. The number of pyridine rings is 1. The van der Waals surface area contributed by atoms with Gasteiger partial charge < -0.3 is 9.84 Å². The Morgan fingerprint density at radius 2 is 1.86 bits per heavy atom. The third kappa shape index (κ3) is 2.32. The van der Waals surface area contributed by atoms with E-state index in [2.05, 4.69) is 44.7 Å². The van der Waals surface area contributed by atoms with E-state index < -0.39 is 0 Å². The van der Waals surface area contributed by atoms with E-state index >= 15 is 0 Å². The van der Waals surface area contributed by atoms with Gasteiger partial charge in [0.1, 0.15) is 0 Å². The predicted molar refractivity (Wildman–Crippen MR) is 77.3 cm³/mol. The molecule has 4 rings (SSSR count). The predicted octanol–water partition coefficient (Wildman–Crippen LogP) is 2.52. The SMILES string of the molecule is c1ccc2c(c1)CN[C@H](c1nc(-c3ccncc3)no1)C2. The molecule has 0 saturated carbocycles. The minimum Gasteiger partial charge on any atom is -0.337 e. The number of rotatable bonds is 2. The van der Waals surface area contributed by atoms with Gasteiger partial charge in [-0.15, -0.1) is 0 Å². The molecule has 2 aromatic heterocycles. The van der Waals surface area contributed by atoms with Crippen molar-refractivity contribution in [1.29, 1.82) is 0 Å². The molecular formula is C16H14N4O. The van der Waals surface area contributed by atoms with Crippen molar-refractivity contribution < 1.29 is 4.52 Å². The fourth-order valence-corrected chi connectivity index (χ4v) is 2.62. The van der Waals surface area contributed by atoms with Gasteiger partial charge in [0.25, 0.3) is 0 Å². The van der Waals surface area contributed by atoms with Gasteiger partial charge in [-0.2, -0.15) is 4.98 Å². The molecule has 5 nitrogen and oxygen atoms in total. The van der Waals surface area contributed by atoms with E-state index in [1.807, 2.05) is 12.1 Å². The lowest BCUT2D eigenvalue weighted by Crippen LogP contribution is -2.28. The lowest BCUT2D eigenvalue weighted by molar-refractivity contribution is 0.321. The Hall–Kier alpha value is -2.53. The van der Waals surface area contributed by atoms with Crippen molar-refractivity contribution in [2.45, 2.75) is 19.0 Å². The molecule has 0 aliphatic carbocycles. The van der Waals surface area contributed by atoms with Crippen LogP contribution in [0.3, 0.4) is 0 Å². The van der Waals surface area contributed by atoms with E-state index in [9.17, 15) is 0 Å². The van der Waals surface area contributed by atoms with Crippen LogP contribution in [0.4, 0.5) is 0 Å². The van der Waals surface area contributed by atoms with Gasteiger partial charge in [0.15, 0.2) is 0 Å². The molecule has 0 unspecified atom stereocenters. The third-order valence-corrected chi connectivity index (χ3v) is 3.76. The van der Waals surface area contributed by atoms with Crippen LogP contribution in [0, 0.1) is 0 Å². The van der Waals surface area contributed by atoms with Gasteiger partial charge in [0, 0.05) is 24.5 Å². The summed E-state index contributed by atoms with van der Waals surface area (Å²) < 4.78 is 5.43. The van der Waals surface area contributed by atoms with Crippen LogP contribution in [0.2, 0.25) is 0 Å². The first kappa shape index (κ1) is 12.2. The van der Waals surface area contributed by atoms with Crippen molar-refractivity contribution >= 4 is 0 Å². The summed E-state index contributed by atoms with van der Waals surface area (Å²) in [5, 5.41) is 7.51. The largest absolute Gasteiger partial charge is 0.337 e. The zero-order valence-corrected chi connectivity index (χ0v) is 11.4. The highest BCUT2D eigenvalue weighted by Gasteiger charge is 2.24. The number of hydrogen-bond donors (Lipinski definition) is 1. The van der Waals surface area contributed by atoms with E-state index in [1.54, 1.807) is 12.4 Å². The van der Waals surface area contributed by atoms with Crippen molar-refractivity contribution in [3.63, 3.8) is 0 Å². The summed E-state index contributed by atoms with van der Waals surface area (Å²) in [5.41, 5.74) is 3.59. The number of aromatic nitrogens is 3. The standard InChI is InChI=1S/C16H14N4O/c1-2-4-13-10-18-14(9-12(13)3-1)16-19-15(20-21-16)11-5-7-17-8-6-11/h1-8,14,18H,9-10H2/t14-/m0/s1. The molecule has 0 spiro atoms. The van der Waals surface area contributed by atoms with Gasteiger partial charge in [0.2, 0.25) is 11.7 Å². The van der Waals surface area contributed by atoms with Crippen LogP contribution in [0.25, 0.3) is 11.4 Å². The van der Waals surface area contributed by atoms with Crippen LogP contribution in [-0.2, 0) is 13.0 Å². The molecule has 1 N–H and O–H groups in total. The Bertz CT molecular complexity index is 754. The molecule has 0 saturated heterocycles. The minimum atomic E-state index is 0.0722. The fraction of sp³-hybridized carbons (Fsp3) is 0.188. The Kier molecular flexibility index (Phi) is 2.97. The van der Waals surface area contributed by atoms with Crippen molar-refractivity contribution in [2.75, 3.05) is 0 Å². The topological polar surface area (TPSA) is 63.8 Å². The third-order valence-electron chi connectivity index (χ3n) is 3.76. The average molecular weight is 278 g/mol. The number of hydrogen-bond acceptors (Lipinski definition) is 5. The Morgan fingerprint density at radius 1 is 1.05 bits per heavy atom. The van der Waals surface area contributed by atoms with Gasteiger partial charge in [-0.05, 0) is 29.7 Å². The maximum absolute atomic E-state index is 5.43. The Labute approximate surface area is 122 Å². The van der Waals surface area contributed by atoms with Gasteiger partial charge >= 0.3 is 0 Å². The maximum Gasteiger partial charge on any atom is 0.244 e. The normalized spacial score (nSPS) is 17.4. The first-order chi connectivity index (χ1) is 10.4. The summed E-state index contributed by atoms with van der Waals surface area (Å²) in [5.74, 6) is 1.24. The molecule has 3 heterocycles. The van der Waals surface area contributed by atoms with Crippen LogP contribution in [-0.4, -0.2) is 15.1 Å². The summed E-state index contributed by atoms with van der Waals surface area (Å²) in [6.07, 6.45) is 4.31. The summed E-state index contributed by atoms with van der Waals surface area (Å²) in [6.45, 7) is 0.827. The van der Waals surface area contributed by atoms with Crippen LogP contribution in [0.5, 0.6) is 0 Å². The number of fused-ring (bicyclic) bond motifs is 1. The molecule has 1 aliphatic rings. The van der Waals surface area contributed by atoms with E-state index in [0.717, 1.165) is 18.5 Å². The molecular weight excluding hydrogens is 264 g/mol. The summed E-state index contributed by atoms with van der Waals surface area (Å²) in [6, 6.07) is 12.3. The van der Waals surface area contributed by atoms with E-state index in [-0.39, 0.29) is 6.04 Å². The summed E-state index contributed by atoms with van der Waals surface area (Å²) in [7, 11) is 0. The minimum absolute atomic E-state index is 0.0722. The van der Waals surface area contributed by atoms with Gasteiger partial charge in [0.05, 0.1) is 6.04 Å². The number of nitrogens with zero attached hydrogens (tertiary/aromatic N) is 3. The highest BCUT2D eigenvalue weighted by atomic mass is 16.5. The highest BCUT2D eigenvalue weighted by Crippen LogP contribution is 2.26. The first-order valence-corrected chi connectivity index (χ1v) is 6.94. The molecule has 1 aliphatic heterocycles. The Balaban J connectivity index is 1.60. The van der Waals surface area contributed by atoms with Gasteiger partial charge in [-0.25, -0.2) is 0 Å². The van der Waals surface area contributed by atoms with E-state index in [0.29, 0.717) is 11.7 Å². The number of benzene rings is 1. The lowest BCUT2D eigenvalue weighted by Gasteiger charge is -2.23. The van der Waals surface area contributed by atoms with Gasteiger partial charge in [-0.1, -0.05) is 29.4 Å². The zero-order valence-electron chi connectivity index (χ0n) is 11.4. The van der Waals surface area contributed by atoms with E-state index in [1.165, 1.54) is 11.1 Å². The van der Waals surface area contributed by atoms with Crippen molar-refractivity contribution in [3.8, 4) is 11.4 Å². The molecule has 0 amide bonds. The molecule has 21 heavy (non-hydrogen) atoms. The van der Waals surface area contributed by atoms with Crippen LogP contribution in [0.1, 0.15) is 23.1 Å².